The van der Waals surface area contributed by atoms with E-state index in [0.29, 0.717) is 17.3 Å². The monoisotopic (exact) mass is 342 g/mol. The van der Waals surface area contributed by atoms with Gasteiger partial charge in [-0.2, -0.15) is 0 Å². The van der Waals surface area contributed by atoms with Crippen LogP contribution in [0.25, 0.3) is 0 Å². The molecule has 124 valence electrons. The van der Waals surface area contributed by atoms with E-state index in [1.54, 1.807) is 17.0 Å². The summed E-state index contributed by atoms with van der Waals surface area (Å²) < 4.78 is 0. The van der Waals surface area contributed by atoms with Crippen LogP contribution in [0.15, 0.2) is 48.5 Å². The van der Waals surface area contributed by atoms with Gasteiger partial charge in [0.2, 0.25) is 11.8 Å². The van der Waals surface area contributed by atoms with Crippen molar-refractivity contribution in [2.75, 3.05) is 16.8 Å². The maximum Gasteiger partial charge on any atom is 0.229 e. The highest BCUT2D eigenvalue weighted by atomic mass is 35.5. The van der Waals surface area contributed by atoms with Crippen molar-refractivity contribution in [3.63, 3.8) is 0 Å². The van der Waals surface area contributed by atoms with E-state index < -0.39 is 0 Å². The molecule has 0 bridgehead atoms. The predicted octanol–water partition coefficient (Wildman–Crippen LogP) is 3.89. The maximum absolute atomic E-state index is 12.5. The summed E-state index contributed by atoms with van der Waals surface area (Å²) in [5.41, 5.74) is 2.59. The van der Waals surface area contributed by atoms with Crippen LogP contribution in [0.3, 0.4) is 0 Å². The van der Waals surface area contributed by atoms with Crippen LogP contribution in [0.5, 0.6) is 0 Å². The van der Waals surface area contributed by atoms with Crippen molar-refractivity contribution < 1.29 is 9.59 Å². The van der Waals surface area contributed by atoms with E-state index in [1.807, 2.05) is 36.4 Å². The number of amides is 2. The molecule has 0 spiro atoms. The van der Waals surface area contributed by atoms with E-state index in [4.69, 9.17) is 11.6 Å². The third kappa shape index (κ3) is 3.44. The molecule has 0 aliphatic carbocycles. The molecule has 1 heterocycles. The Bertz CT molecular complexity index is 775. The Morgan fingerprint density at radius 1 is 1.25 bits per heavy atom. The molecule has 24 heavy (non-hydrogen) atoms. The van der Waals surface area contributed by atoms with Crippen molar-refractivity contribution in [2.45, 2.75) is 19.8 Å². The van der Waals surface area contributed by atoms with Gasteiger partial charge in [-0.05, 0) is 36.2 Å². The van der Waals surface area contributed by atoms with E-state index in [0.717, 1.165) is 17.7 Å². The number of aryl methyl sites for hydroxylation is 1. The Labute approximate surface area is 146 Å². The Morgan fingerprint density at radius 3 is 2.79 bits per heavy atom. The molecule has 2 aromatic carbocycles. The number of hydrogen-bond donors (Lipinski definition) is 1. The van der Waals surface area contributed by atoms with E-state index in [1.165, 1.54) is 0 Å². The summed E-state index contributed by atoms with van der Waals surface area (Å²) in [4.78, 5) is 26.4. The van der Waals surface area contributed by atoms with E-state index >= 15 is 0 Å². The zero-order valence-electron chi connectivity index (χ0n) is 13.5. The normalized spacial score (nSPS) is 17.2. The topological polar surface area (TPSA) is 49.4 Å². The van der Waals surface area contributed by atoms with Crippen LogP contribution in [0, 0.1) is 5.92 Å². The average Bonchev–Trinajstić information content (AvgIpc) is 2.97. The Morgan fingerprint density at radius 2 is 2.04 bits per heavy atom. The summed E-state index contributed by atoms with van der Waals surface area (Å²) in [6, 6.07) is 15.0. The average molecular weight is 343 g/mol. The molecule has 1 atom stereocenters. The Kier molecular flexibility index (Phi) is 4.86. The van der Waals surface area contributed by atoms with Gasteiger partial charge in [0.25, 0.3) is 0 Å². The molecule has 2 aromatic rings. The van der Waals surface area contributed by atoms with Crippen molar-refractivity contribution in [3.8, 4) is 0 Å². The first kappa shape index (κ1) is 16.5. The fourth-order valence-electron chi connectivity index (χ4n) is 2.90. The van der Waals surface area contributed by atoms with Crippen LogP contribution in [-0.4, -0.2) is 18.4 Å². The van der Waals surface area contributed by atoms with Crippen molar-refractivity contribution in [1.29, 1.82) is 0 Å². The van der Waals surface area contributed by atoms with Gasteiger partial charge < -0.3 is 10.2 Å². The minimum absolute atomic E-state index is 0.0782. The van der Waals surface area contributed by atoms with Gasteiger partial charge in [-0.1, -0.05) is 42.8 Å². The number of hydrogen-bond acceptors (Lipinski definition) is 2. The summed E-state index contributed by atoms with van der Waals surface area (Å²) >= 11 is 6.17. The standard InChI is InChI=1S/C19H19ClN2O2/c1-2-13-6-5-7-15(10-13)21-19(24)14-11-18(23)22(12-14)17-9-4-3-8-16(17)20/h3-10,14H,2,11-12H2,1H3,(H,21,24). The molecule has 1 saturated heterocycles. The second-order valence-electron chi connectivity index (χ2n) is 5.90. The Balaban J connectivity index is 1.71. The number of benzene rings is 2. The van der Waals surface area contributed by atoms with E-state index in [-0.39, 0.29) is 24.2 Å². The molecule has 0 saturated carbocycles. The lowest BCUT2D eigenvalue weighted by Crippen LogP contribution is -2.28. The fourth-order valence-corrected chi connectivity index (χ4v) is 3.14. The lowest BCUT2D eigenvalue weighted by molar-refractivity contribution is -0.122. The summed E-state index contributed by atoms with van der Waals surface area (Å²) in [6.45, 7) is 2.42. The molecule has 1 aliphatic heterocycles. The van der Waals surface area contributed by atoms with Gasteiger partial charge in [0.05, 0.1) is 16.6 Å². The van der Waals surface area contributed by atoms with Crippen LogP contribution in [0.4, 0.5) is 11.4 Å². The number of carbonyl (C=O) groups excluding carboxylic acids is 2. The number of halogens is 1. The predicted molar refractivity (Wildman–Crippen MR) is 96.4 cm³/mol. The molecule has 4 nitrogen and oxygen atoms in total. The number of rotatable bonds is 4. The molecule has 1 N–H and O–H groups in total. The summed E-state index contributed by atoms with van der Waals surface area (Å²) in [7, 11) is 0. The number of anilines is 2. The lowest BCUT2D eigenvalue weighted by atomic mass is 10.1. The van der Waals surface area contributed by atoms with Gasteiger partial charge in [0, 0.05) is 18.7 Å². The number of carbonyl (C=O) groups is 2. The van der Waals surface area contributed by atoms with Crippen molar-refractivity contribution in [1.82, 2.24) is 0 Å². The zero-order chi connectivity index (χ0) is 17.1. The lowest BCUT2D eigenvalue weighted by Gasteiger charge is -2.18. The van der Waals surface area contributed by atoms with Crippen LogP contribution < -0.4 is 10.2 Å². The molecule has 0 aromatic heterocycles. The first-order chi connectivity index (χ1) is 11.6. The highest BCUT2D eigenvalue weighted by Crippen LogP contribution is 2.31. The quantitative estimate of drug-likeness (QED) is 0.916. The molecule has 2 amide bonds. The minimum atomic E-state index is -0.376. The van der Waals surface area contributed by atoms with Gasteiger partial charge in [-0.3, -0.25) is 9.59 Å². The molecule has 1 aliphatic rings. The first-order valence-electron chi connectivity index (χ1n) is 8.03. The van der Waals surface area contributed by atoms with E-state index in [9.17, 15) is 9.59 Å². The van der Waals surface area contributed by atoms with Gasteiger partial charge in [0.15, 0.2) is 0 Å². The van der Waals surface area contributed by atoms with Gasteiger partial charge in [0.1, 0.15) is 0 Å². The largest absolute Gasteiger partial charge is 0.326 e. The smallest absolute Gasteiger partial charge is 0.229 e. The number of nitrogens with zero attached hydrogens (tertiary/aromatic N) is 1. The highest BCUT2D eigenvalue weighted by molar-refractivity contribution is 6.33. The van der Waals surface area contributed by atoms with Gasteiger partial charge >= 0.3 is 0 Å². The molecular formula is C19H19ClN2O2. The van der Waals surface area contributed by atoms with Crippen molar-refractivity contribution >= 4 is 34.8 Å². The number of para-hydroxylation sites is 1. The molecule has 0 radical (unpaired) electrons. The zero-order valence-corrected chi connectivity index (χ0v) is 14.2. The maximum atomic E-state index is 12.5. The second-order valence-corrected chi connectivity index (χ2v) is 6.31. The number of nitrogens with one attached hydrogen (secondary N) is 1. The molecular weight excluding hydrogens is 324 g/mol. The fraction of sp³-hybridized carbons (Fsp3) is 0.263. The van der Waals surface area contributed by atoms with Crippen molar-refractivity contribution in [2.24, 2.45) is 5.92 Å². The summed E-state index contributed by atoms with van der Waals surface area (Å²) in [6.07, 6.45) is 1.11. The third-order valence-corrected chi connectivity index (χ3v) is 4.56. The van der Waals surface area contributed by atoms with Gasteiger partial charge in [-0.15, -0.1) is 0 Å². The highest BCUT2D eigenvalue weighted by Gasteiger charge is 2.35. The van der Waals surface area contributed by atoms with Gasteiger partial charge in [-0.25, -0.2) is 0 Å². The van der Waals surface area contributed by atoms with Crippen LogP contribution in [0.2, 0.25) is 5.02 Å². The molecule has 3 rings (SSSR count). The first-order valence-corrected chi connectivity index (χ1v) is 8.41. The van der Waals surface area contributed by atoms with E-state index in [2.05, 4.69) is 12.2 Å². The van der Waals surface area contributed by atoms with Crippen molar-refractivity contribution in [3.05, 3.63) is 59.1 Å². The molecule has 5 heteroatoms. The Hall–Kier alpha value is -2.33. The summed E-state index contributed by atoms with van der Waals surface area (Å²) in [5, 5.41) is 3.43. The third-order valence-electron chi connectivity index (χ3n) is 4.24. The minimum Gasteiger partial charge on any atom is -0.326 e. The van der Waals surface area contributed by atoms with Crippen LogP contribution in [0.1, 0.15) is 18.9 Å². The second kappa shape index (κ2) is 7.05. The molecule has 1 fully saturated rings. The molecule has 1 unspecified atom stereocenters. The van der Waals surface area contributed by atoms with Crippen LogP contribution >= 0.6 is 11.6 Å². The van der Waals surface area contributed by atoms with Crippen LogP contribution in [-0.2, 0) is 16.0 Å². The SMILES string of the molecule is CCc1cccc(NC(=O)C2CC(=O)N(c3ccccc3Cl)C2)c1. The summed E-state index contributed by atoms with van der Waals surface area (Å²) in [5.74, 6) is -0.587.